The molecule has 2 heterocycles. The molecule has 0 unspecified atom stereocenters. The van der Waals surface area contributed by atoms with Crippen LogP contribution in [0.5, 0.6) is 11.5 Å². The van der Waals surface area contributed by atoms with Crippen molar-refractivity contribution in [3.8, 4) is 11.5 Å². The minimum atomic E-state index is -0.00996. The minimum Gasteiger partial charge on any atom is -0.486 e. The molecule has 0 radical (unpaired) electrons. The van der Waals surface area contributed by atoms with Gasteiger partial charge in [-0.3, -0.25) is 4.79 Å². The molecule has 1 aliphatic rings. The van der Waals surface area contributed by atoms with Crippen LogP contribution in [0.1, 0.15) is 12.2 Å². The number of nitrogens with zero attached hydrogens (tertiary/aromatic N) is 2. The van der Waals surface area contributed by atoms with E-state index >= 15 is 0 Å². The van der Waals surface area contributed by atoms with Crippen LogP contribution >= 0.6 is 0 Å². The predicted octanol–water partition coefficient (Wildman–Crippen LogP) is 0.581. The van der Waals surface area contributed by atoms with Gasteiger partial charge in [0.2, 0.25) is 5.91 Å². The minimum absolute atomic E-state index is 0.00996. The number of aromatic nitrogens is 2. The number of amides is 1. The lowest BCUT2D eigenvalue weighted by Crippen LogP contribution is -2.29. The van der Waals surface area contributed by atoms with E-state index in [1.165, 1.54) is 0 Å². The first-order valence-corrected chi connectivity index (χ1v) is 7.42. The summed E-state index contributed by atoms with van der Waals surface area (Å²) in [5, 5.41) is 2.77. The zero-order chi connectivity index (χ0) is 15.5. The molecule has 7 nitrogen and oxygen atoms in total. The molecule has 0 aliphatic carbocycles. The quantitative estimate of drug-likeness (QED) is 0.843. The Balaban J connectivity index is 1.83. The second-order valence-electron chi connectivity index (χ2n) is 5.18. The first-order valence-electron chi connectivity index (χ1n) is 7.42. The number of aryl methyl sites for hydroxylation is 2. The summed E-state index contributed by atoms with van der Waals surface area (Å²) in [5.74, 6) is 2.31. The summed E-state index contributed by atoms with van der Waals surface area (Å²) in [5.41, 5.74) is 7.18. The number of imidazole rings is 1. The molecule has 0 atom stereocenters. The summed E-state index contributed by atoms with van der Waals surface area (Å²) in [6, 6.07) is 3.82. The lowest BCUT2D eigenvalue weighted by Gasteiger charge is -2.18. The number of benzene rings is 1. The smallest absolute Gasteiger partial charge is 0.221 e. The molecular weight excluding hydrogens is 284 g/mol. The molecule has 0 saturated carbocycles. The lowest BCUT2D eigenvalue weighted by atomic mass is 10.2. The first kappa shape index (κ1) is 14.6. The summed E-state index contributed by atoms with van der Waals surface area (Å²) >= 11 is 0. The van der Waals surface area contributed by atoms with Gasteiger partial charge in [-0.2, -0.15) is 0 Å². The Morgan fingerprint density at radius 1 is 1.36 bits per heavy atom. The third-order valence-corrected chi connectivity index (χ3v) is 3.63. The summed E-state index contributed by atoms with van der Waals surface area (Å²) in [7, 11) is 0. The highest BCUT2D eigenvalue weighted by Crippen LogP contribution is 2.34. The number of hydrogen-bond acceptors (Lipinski definition) is 5. The van der Waals surface area contributed by atoms with Crippen LogP contribution in [-0.2, 0) is 11.3 Å². The van der Waals surface area contributed by atoms with Crippen molar-refractivity contribution in [1.82, 2.24) is 14.9 Å². The van der Waals surface area contributed by atoms with Crippen LogP contribution in [0.15, 0.2) is 12.1 Å². The van der Waals surface area contributed by atoms with Gasteiger partial charge in [-0.25, -0.2) is 4.98 Å². The van der Waals surface area contributed by atoms with Crippen LogP contribution in [0.25, 0.3) is 11.0 Å². The molecule has 1 amide bonds. The number of ether oxygens (including phenoxy) is 2. The maximum absolute atomic E-state index is 11.7. The number of nitrogens with one attached hydrogen (secondary N) is 1. The van der Waals surface area contributed by atoms with Crippen molar-refractivity contribution >= 4 is 16.9 Å². The molecule has 1 aromatic carbocycles. The molecule has 0 fully saturated rings. The van der Waals surface area contributed by atoms with Crippen LogP contribution in [-0.4, -0.2) is 41.8 Å². The SMILES string of the molecule is Cc1nc2cc3c(cc2n1CCC(=O)NCCN)OCCO3. The fraction of sp³-hybridized carbons (Fsp3) is 0.467. The van der Waals surface area contributed by atoms with Crippen molar-refractivity contribution in [3.63, 3.8) is 0 Å². The van der Waals surface area contributed by atoms with Crippen LogP contribution in [0.3, 0.4) is 0 Å². The Bertz CT molecular complexity index is 696. The van der Waals surface area contributed by atoms with Crippen molar-refractivity contribution < 1.29 is 14.3 Å². The maximum atomic E-state index is 11.7. The van der Waals surface area contributed by atoms with Crippen molar-refractivity contribution in [2.45, 2.75) is 19.9 Å². The van der Waals surface area contributed by atoms with Gasteiger partial charge in [0.05, 0.1) is 11.0 Å². The van der Waals surface area contributed by atoms with Gasteiger partial charge in [0.1, 0.15) is 19.0 Å². The van der Waals surface area contributed by atoms with Gasteiger partial charge in [0.25, 0.3) is 0 Å². The van der Waals surface area contributed by atoms with E-state index < -0.39 is 0 Å². The first-order chi connectivity index (χ1) is 10.7. The van der Waals surface area contributed by atoms with Gasteiger partial charge < -0.3 is 25.1 Å². The van der Waals surface area contributed by atoms with Gasteiger partial charge in [-0.1, -0.05) is 0 Å². The molecule has 0 saturated heterocycles. The third kappa shape index (κ3) is 2.85. The van der Waals surface area contributed by atoms with E-state index in [2.05, 4.69) is 10.3 Å². The van der Waals surface area contributed by atoms with E-state index in [9.17, 15) is 4.79 Å². The Morgan fingerprint density at radius 2 is 2.09 bits per heavy atom. The molecule has 2 aromatic rings. The summed E-state index contributed by atoms with van der Waals surface area (Å²) in [4.78, 5) is 16.3. The number of carbonyl (C=O) groups is 1. The van der Waals surface area contributed by atoms with E-state index in [1.54, 1.807) is 0 Å². The molecule has 3 rings (SSSR count). The van der Waals surface area contributed by atoms with Crippen LogP contribution < -0.4 is 20.5 Å². The Labute approximate surface area is 128 Å². The van der Waals surface area contributed by atoms with Gasteiger partial charge >= 0.3 is 0 Å². The van der Waals surface area contributed by atoms with Gasteiger partial charge in [-0.15, -0.1) is 0 Å². The molecule has 0 spiro atoms. The van der Waals surface area contributed by atoms with E-state index in [1.807, 2.05) is 23.6 Å². The van der Waals surface area contributed by atoms with Crippen LogP contribution in [0.2, 0.25) is 0 Å². The van der Waals surface area contributed by atoms with Gasteiger partial charge in [0, 0.05) is 38.2 Å². The highest BCUT2D eigenvalue weighted by Gasteiger charge is 2.17. The topological polar surface area (TPSA) is 91.4 Å². The number of fused-ring (bicyclic) bond motifs is 2. The number of hydrogen-bond donors (Lipinski definition) is 2. The average molecular weight is 304 g/mol. The van der Waals surface area contributed by atoms with Gasteiger partial charge in [-0.05, 0) is 6.92 Å². The monoisotopic (exact) mass is 304 g/mol. The van der Waals surface area contributed by atoms with Crippen molar-refractivity contribution in [3.05, 3.63) is 18.0 Å². The second kappa shape index (κ2) is 6.23. The fourth-order valence-corrected chi connectivity index (χ4v) is 2.58. The third-order valence-electron chi connectivity index (χ3n) is 3.63. The Kier molecular flexibility index (Phi) is 4.15. The summed E-state index contributed by atoms with van der Waals surface area (Å²) in [6.45, 7) is 4.55. The highest BCUT2D eigenvalue weighted by atomic mass is 16.6. The standard InChI is InChI=1S/C15H20N4O3/c1-10-18-11-8-13-14(22-7-6-21-13)9-12(11)19(10)5-2-15(20)17-4-3-16/h8-9H,2-7,16H2,1H3,(H,17,20). The Morgan fingerprint density at radius 3 is 2.82 bits per heavy atom. The fourth-order valence-electron chi connectivity index (χ4n) is 2.58. The van der Waals surface area contributed by atoms with E-state index in [-0.39, 0.29) is 5.91 Å². The molecule has 3 N–H and O–H groups in total. The molecule has 1 aliphatic heterocycles. The Hall–Kier alpha value is -2.28. The van der Waals surface area contributed by atoms with Crippen molar-refractivity contribution in [2.75, 3.05) is 26.3 Å². The number of rotatable bonds is 5. The van der Waals surface area contributed by atoms with Crippen molar-refractivity contribution in [2.24, 2.45) is 5.73 Å². The molecule has 0 bridgehead atoms. The molecule has 118 valence electrons. The van der Waals surface area contributed by atoms with E-state index in [0.29, 0.717) is 39.3 Å². The van der Waals surface area contributed by atoms with Gasteiger partial charge in [0.15, 0.2) is 11.5 Å². The van der Waals surface area contributed by atoms with E-state index in [0.717, 1.165) is 28.4 Å². The summed E-state index contributed by atoms with van der Waals surface area (Å²) < 4.78 is 13.2. The average Bonchev–Trinajstić information content (AvgIpc) is 2.83. The number of carbonyl (C=O) groups excluding carboxylic acids is 1. The van der Waals surface area contributed by atoms with E-state index in [4.69, 9.17) is 15.2 Å². The molecule has 22 heavy (non-hydrogen) atoms. The highest BCUT2D eigenvalue weighted by molar-refractivity contribution is 5.81. The molecule has 7 heteroatoms. The zero-order valence-electron chi connectivity index (χ0n) is 12.6. The normalized spacial score (nSPS) is 13.4. The molecule has 1 aromatic heterocycles. The lowest BCUT2D eigenvalue weighted by molar-refractivity contribution is -0.121. The summed E-state index contributed by atoms with van der Waals surface area (Å²) in [6.07, 6.45) is 0.390. The zero-order valence-corrected chi connectivity index (χ0v) is 12.6. The largest absolute Gasteiger partial charge is 0.486 e. The molecular formula is C15H20N4O3. The van der Waals surface area contributed by atoms with Crippen LogP contribution in [0, 0.1) is 6.92 Å². The second-order valence-corrected chi connectivity index (χ2v) is 5.18. The van der Waals surface area contributed by atoms with Crippen molar-refractivity contribution in [1.29, 1.82) is 0 Å². The predicted molar refractivity (Wildman–Crippen MR) is 82.1 cm³/mol. The maximum Gasteiger partial charge on any atom is 0.221 e. The number of nitrogens with two attached hydrogens (primary N) is 1. The van der Waals surface area contributed by atoms with Crippen LogP contribution in [0.4, 0.5) is 0 Å².